The van der Waals surface area contributed by atoms with Gasteiger partial charge in [-0.1, -0.05) is 13.8 Å². The number of thiazole rings is 1. The van der Waals surface area contributed by atoms with Crippen LogP contribution in [0, 0.1) is 11.7 Å². The number of anilines is 3. The van der Waals surface area contributed by atoms with Gasteiger partial charge in [0.25, 0.3) is 0 Å². The molecule has 180 valence electrons. The number of aliphatic hydroxyl groups is 1. The van der Waals surface area contributed by atoms with Gasteiger partial charge in [-0.2, -0.15) is 4.98 Å². The number of nitrogens with one attached hydrogen (secondary N) is 1. The molecule has 0 radical (unpaired) electrons. The third-order valence-corrected chi connectivity index (χ3v) is 8.33. The van der Waals surface area contributed by atoms with Crippen LogP contribution < -0.4 is 15.1 Å². The maximum absolute atomic E-state index is 13.2. The highest BCUT2D eigenvalue weighted by Gasteiger charge is 2.27. The molecule has 0 bridgehead atoms. The van der Waals surface area contributed by atoms with Crippen molar-refractivity contribution in [2.45, 2.75) is 31.2 Å². The fourth-order valence-corrected chi connectivity index (χ4v) is 6.10. The Morgan fingerprint density at radius 3 is 2.50 bits per heavy atom. The van der Waals surface area contributed by atoms with E-state index in [0.29, 0.717) is 5.92 Å². The molecule has 2 aliphatic rings. The minimum Gasteiger partial charge on any atom is -0.394 e. The maximum Gasteiger partial charge on any atom is 0.227 e. The first-order valence-electron chi connectivity index (χ1n) is 11.6. The standard InChI is InChI=1S/C24H29FN6OS2/c1-15(2)19(13-32)26-22-21-18(7-12-33-21)27-23(29-22)30-8-10-31(11-9-30)24-28-20(14-34-24)16-3-5-17(25)6-4-16/h3-6,14-15,19,32H,7-13H2,1-2H3,(H,26,27,29). The second-order valence-electron chi connectivity index (χ2n) is 8.92. The van der Waals surface area contributed by atoms with E-state index in [4.69, 9.17) is 15.0 Å². The number of halogens is 1. The van der Waals surface area contributed by atoms with E-state index in [1.807, 2.05) is 5.38 Å². The Morgan fingerprint density at radius 1 is 1.06 bits per heavy atom. The Morgan fingerprint density at radius 2 is 1.79 bits per heavy atom. The summed E-state index contributed by atoms with van der Waals surface area (Å²) < 4.78 is 13.2. The lowest BCUT2D eigenvalue weighted by molar-refractivity contribution is 0.249. The van der Waals surface area contributed by atoms with Crippen LogP contribution in [-0.2, 0) is 6.42 Å². The zero-order valence-corrected chi connectivity index (χ0v) is 21.0. The van der Waals surface area contributed by atoms with Gasteiger partial charge in [-0.25, -0.2) is 14.4 Å². The average molecular weight is 501 g/mol. The molecule has 1 unspecified atom stereocenters. The molecule has 1 fully saturated rings. The molecule has 0 spiro atoms. The van der Waals surface area contributed by atoms with Crippen molar-refractivity contribution in [3.63, 3.8) is 0 Å². The van der Waals surface area contributed by atoms with Crippen LogP contribution in [-0.4, -0.2) is 64.6 Å². The summed E-state index contributed by atoms with van der Waals surface area (Å²) in [6.45, 7) is 7.56. The number of aromatic nitrogens is 3. The minimum absolute atomic E-state index is 0.0369. The molecule has 0 amide bonds. The average Bonchev–Trinajstić information content (AvgIpc) is 3.53. The topological polar surface area (TPSA) is 77.4 Å². The Bertz CT molecular complexity index is 1130. The Hall–Kier alpha value is -2.43. The highest BCUT2D eigenvalue weighted by atomic mass is 32.2. The summed E-state index contributed by atoms with van der Waals surface area (Å²) in [5.74, 6) is 2.68. The summed E-state index contributed by atoms with van der Waals surface area (Å²) in [5.41, 5.74) is 2.90. The lowest BCUT2D eigenvalue weighted by Crippen LogP contribution is -2.47. The molecule has 3 aromatic rings. The summed E-state index contributed by atoms with van der Waals surface area (Å²) in [6, 6.07) is 6.43. The van der Waals surface area contributed by atoms with Crippen LogP contribution in [0.5, 0.6) is 0 Å². The van der Waals surface area contributed by atoms with Crippen molar-refractivity contribution in [1.82, 2.24) is 15.0 Å². The minimum atomic E-state index is -0.239. The van der Waals surface area contributed by atoms with Crippen LogP contribution in [0.3, 0.4) is 0 Å². The number of benzene rings is 1. The highest BCUT2D eigenvalue weighted by Crippen LogP contribution is 2.37. The molecule has 7 nitrogen and oxygen atoms in total. The summed E-state index contributed by atoms with van der Waals surface area (Å²) in [5, 5.41) is 16.3. The number of hydrogen-bond acceptors (Lipinski definition) is 9. The van der Waals surface area contributed by atoms with Gasteiger partial charge >= 0.3 is 0 Å². The van der Waals surface area contributed by atoms with Crippen LogP contribution in [0.25, 0.3) is 11.3 Å². The summed E-state index contributed by atoms with van der Waals surface area (Å²) >= 11 is 3.41. The van der Waals surface area contributed by atoms with Gasteiger partial charge in [0, 0.05) is 49.3 Å². The molecular weight excluding hydrogens is 471 g/mol. The van der Waals surface area contributed by atoms with Crippen molar-refractivity contribution in [3.8, 4) is 11.3 Å². The van der Waals surface area contributed by atoms with Gasteiger partial charge in [0.05, 0.1) is 28.9 Å². The third kappa shape index (κ3) is 4.85. The van der Waals surface area contributed by atoms with E-state index in [9.17, 15) is 9.50 Å². The molecule has 2 N–H and O–H groups in total. The van der Waals surface area contributed by atoms with Crippen molar-refractivity contribution in [2.75, 3.05) is 53.7 Å². The van der Waals surface area contributed by atoms with Crippen LogP contribution in [0.1, 0.15) is 19.5 Å². The molecule has 0 saturated carbocycles. The molecule has 10 heteroatoms. The quantitative estimate of drug-likeness (QED) is 0.501. The SMILES string of the molecule is CC(C)C(CO)Nc1nc(N2CCN(c3nc(-c4ccc(F)cc4)cs3)CC2)nc2c1SCC2. The third-order valence-electron chi connectivity index (χ3n) is 6.30. The highest BCUT2D eigenvalue weighted by molar-refractivity contribution is 7.99. The van der Waals surface area contributed by atoms with Crippen molar-refractivity contribution in [3.05, 3.63) is 41.2 Å². The van der Waals surface area contributed by atoms with Crippen molar-refractivity contribution in [1.29, 1.82) is 0 Å². The van der Waals surface area contributed by atoms with E-state index < -0.39 is 0 Å². The fourth-order valence-electron chi connectivity index (χ4n) is 4.15. The normalized spacial score (nSPS) is 16.7. The van der Waals surface area contributed by atoms with Gasteiger partial charge in [0.15, 0.2) is 5.13 Å². The fraction of sp³-hybridized carbons (Fsp3) is 0.458. The molecule has 34 heavy (non-hydrogen) atoms. The van der Waals surface area contributed by atoms with E-state index in [1.165, 1.54) is 12.1 Å². The Balaban J connectivity index is 1.28. The predicted molar refractivity (Wildman–Crippen MR) is 138 cm³/mol. The molecular formula is C24H29FN6OS2. The second-order valence-corrected chi connectivity index (χ2v) is 10.9. The van der Waals surface area contributed by atoms with E-state index in [0.717, 1.165) is 77.1 Å². The first kappa shape index (κ1) is 23.3. The van der Waals surface area contributed by atoms with Gasteiger partial charge in [-0.05, 0) is 30.2 Å². The number of aliphatic hydroxyl groups excluding tert-OH is 1. The number of hydrogen-bond donors (Lipinski definition) is 2. The first-order valence-corrected chi connectivity index (χ1v) is 13.5. The van der Waals surface area contributed by atoms with Gasteiger partial charge < -0.3 is 20.2 Å². The zero-order chi connectivity index (χ0) is 23.7. The number of piperazine rings is 1. The maximum atomic E-state index is 13.2. The van der Waals surface area contributed by atoms with Gasteiger partial charge in [-0.3, -0.25) is 0 Å². The van der Waals surface area contributed by atoms with E-state index in [-0.39, 0.29) is 18.5 Å². The Kier molecular flexibility index (Phi) is 6.89. The van der Waals surface area contributed by atoms with E-state index in [1.54, 1.807) is 35.2 Å². The molecule has 0 aliphatic carbocycles. The molecule has 2 aliphatic heterocycles. The molecule has 1 saturated heterocycles. The van der Waals surface area contributed by atoms with Crippen LogP contribution in [0.15, 0.2) is 34.5 Å². The molecule has 1 atom stereocenters. The molecule has 5 rings (SSSR count). The van der Waals surface area contributed by atoms with Crippen molar-refractivity contribution < 1.29 is 9.50 Å². The largest absolute Gasteiger partial charge is 0.394 e. The van der Waals surface area contributed by atoms with Crippen LogP contribution in [0.2, 0.25) is 0 Å². The smallest absolute Gasteiger partial charge is 0.227 e. The lowest BCUT2D eigenvalue weighted by Gasteiger charge is -2.35. The van der Waals surface area contributed by atoms with Gasteiger partial charge in [0.2, 0.25) is 5.95 Å². The number of fused-ring (bicyclic) bond motifs is 1. The Labute approximate surface area is 207 Å². The zero-order valence-electron chi connectivity index (χ0n) is 19.4. The van der Waals surface area contributed by atoms with E-state index in [2.05, 4.69) is 29.0 Å². The molecule has 4 heterocycles. The monoisotopic (exact) mass is 500 g/mol. The van der Waals surface area contributed by atoms with Gasteiger partial charge in [0.1, 0.15) is 11.6 Å². The van der Waals surface area contributed by atoms with Crippen LogP contribution in [0.4, 0.5) is 21.3 Å². The predicted octanol–water partition coefficient (Wildman–Crippen LogP) is 4.14. The number of thioether (sulfide) groups is 1. The number of aryl methyl sites for hydroxylation is 1. The first-order chi connectivity index (χ1) is 16.5. The number of nitrogens with zero attached hydrogens (tertiary/aromatic N) is 5. The van der Waals surface area contributed by atoms with Crippen molar-refractivity contribution in [2.24, 2.45) is 5.92 Å². The van der Waals surface area contributed by atoms with Gasteiger partial charge in [-0.15, -0.1) is 23.1 Å². The van der Waals surface area contributed by atoms with Crippen molar-refractivity contribution >= 4 is 40.0 Å². The van der Waals surface area contributed by atoms with Crippen LogP contribution >= 0.6 is 23.1 Å². The molecule has 1 aromatic carbocycles. The summed E-state index contributed by atoms with van der Waals surface area (Å²) in [4.78, 5) is 20.2. The summed E-state index contributed by atoms with van der Waals surface area (Å²) in [7, 11) is 0. The second kappa shape index (κ2) is 10.1. The number of rotatable bonds is 7. The molecule has 2 aromatic heterocycles. The van der Waals surface area contributed by atoms with E-state index >= 15 is 0 Å². The summed E-state index contributed by atoms with van der Waals surface area (Å²) in [6.07, 6.45) is 0.945. The lowest BCUT2D eigenvalue weighted by atomic mass is 10.1.